The summed E-state index contributed by atoms with van der Waals surface area (Å²) >= 11 is 0. The zero-order chi connectivity index (χ0) is 13.0. The molecule has 2 rings (SSSR count). The SMILES string of the molecule is Nc1cccc(NS(=O)(=O)CC2CCCCC2)c1. The largest absolute Gasteiger partial charge is 0.399 e. The van der Waals surface area contributed by atoms with Crippen LogP contribution in [0, 0.1) is 5.92 Å². The molecule has 3 N–H and O–H groups in total. The maximum atomic E-state index is 12.0. The Hall–Kier alpha value is -1.23. The van der Waals surface area contributed by atoms with Crippen LogP contribution in [0.3, 0.4) is 0 Å². The molecule has 0 atom stereocenters. The molecule has 1 aliphatic carbocycles. The van der Waals surface area contributed by atoms with E-state index in [-0.39, 0.29) is 5.75 Å². The minimum absolute atomic E-state index is 0.224. The first-order valence-electron chi connectivity index (χ1n) is 6.41. The Morgan fingerprint density at radius 3 is 2.61 bits per heavy atom. The van der Waals surface area contributed by atoms with Gasteiger partial charge in [-0.3, -0.25) is 4.72 Å². The van der Waals surface area contributed by atoms with Crippen molar-refractivity contribution in [3.8, 4) is 0 Å². The Labute approximate surface area is 109 Å². The summed E-state index contributed by atoms with van der Waals surface area (Å²) in [6.45, 7) is 0. The van der Waals surface area contributed by atoms with E-state index < -0.39 is 10.0 Å². The van der Waals surface area contributed by atoms with Gasteiger partial charge in [-0.1, -0.05) is 25.3 Å². The molecular formula is C13H20N2O2S. The van der Waals surface area contributed by atoms with Crippen molar-refractivity contribution in [3.63, 3.8) is 0 Å². The van der Waals surface area contributed by atoms with Crippen molar-refractivity contribution in [2.24, 2.45) is 5.92 Å². The van der Waals surface area contributed by atoms with Gasteiger partial charge in [-0.2, -0.15) is 0 Å². The molecule has 0 amide bonds. The van der Waals surface area contributed by atoms with Gasteiger partial charge >= 0.3 is 0 Å². The average molecular weight is 268 g/mol. The number of nitrogens with one attached hydrogen (secondary N) is 1. The highest BCUT2D eigenvalue weighted by atomic mass is 32.2. The van der Waals surface area contributed by atoms with Crippen LogP contribution >= 0.6 is 0 Å². The lowest BCUT2D eigenvalue weighted by Gasteiger charge is -2.21. The summed E-state index contributed by atoms with van der Waals surface area (Å²) in [6.07, 6.45) is 5.59. The molecule has 1 aromatic carbocycles. The van der Waals surface area contributed by atoms with Crippen molar-refractivity contribution in [3.05, 3.63) is 24.3 Å². The summed E-state index contributed by atoms with van der Waals surface area (Å²) in [5.41, 5.74) is 6.74. The van der Waals surface area contributed by atoms with E-state index in [1.54, 1.807) is 24.3 Å². The van der Waals surface area contributed by atoms with Gasteiger partial charge < -0.3 is 5.73 Å². The molecule has 0 aromatic heterocycles. The molecule has 18 heavy (non-hydrogen) atoms. The average Bonchev–Trinajstić information content (AvgIpc) is 2.28. The second kappa shape index (κ2) is 5.61. The third-order valence-corrected chi connectivity index (χ3v) is 4.80. The molecule has 5 heteroatoms. The second-order valence-electron chi connectivity index (χ2n) is 5.01. The number of sulfonamides is 1. The number of rotatable bonds is 4. The maximum absolute atomic E-state index is 12.0. The summed E-state index contributed by atoms with van der Waals surface area (Å²) in [5.74, 6) is 0.527. The van der Waals surface area contributed by atoms with Gasteiger partial charge in [0.05, 0.1) is 11.4 Å². The van der Waals surface area contributed by atoms with Crippen molar-refractivity contribution in [1.82, 2.24) is 0 Å². The predicted molar refractivity (Wildman–Crippen MR) is 74.8 cm³/mol. The highest BCUT2D eigenvalue weighted by molar-refractivity contribution is 7.92. The normalized spacial score (nSPS) is 17.6. The number of nitrogens with two attached hydrogens (primary N) is 1. The Morgan fingerprint density at radius 2 is 1.94 bits per heavy atom. The van der Waals surface area contributed by atoms with E-state index in [9.17, 15) is 8.42 Å². The van der Waals surface area contributed by atoms with Crippen LogP contribution in [0.2, 0.25) is 0 Å². The standard InChI is InChI=1S/C13H20N2O2S/c14-12-7-4-8-13(9-12)15-18(16,17)10-11-5-2-1-3-6-11/h4,7-9,11,15H,1-3,5-6,10,14H2. The molecule has 1 aliphatic rings. The van der Waals surface area contributed by atoms with Crippen LogP contribution in [-0.4, -0.2) is 14.2 Å². The zero-order valence-electron chi connectivity index (χ0n) is 10.4. The van der Waals surface area contributed by atoms with E-state index in [0.717, 1.165) is 25.7 Å². The lowest BCUT2D eigenvalue weighted by atomic mass is 9.91. The lowest BCUT2D eigenvalue weighted by molar-refractivity contribution is 0.385. The van der Waals surface area contributed by atoms with Gasteiger partial charge in [0.2, 0.25) is 10.0 Å². The molecule has 0 aliphatic heterocycles. The molecule has 0 unspecified atom stereocenters. The van der Waals surface area contributed by atoms with Crippen LogP contribution in [-0.2, 0) is 10.0 Å². The monoisotopic (exact) mass is 268 g/mol. The number of hydrogen-bond donors (Lipinski definition) is 2. The van der Waals surface area contributed by atoms with Gasteiger partial charge in [-0.15, -0.1) is 0 Å². The summed E-state index contributed by atoms with van der Waals surface area (Å²) in [5, 5.41) is 0. The maximum Gasteiger partial charge on any atom is 0.232 e. The van der Waals surface area contributed by atoms with Crippen molar-refractivity contribution in [2.75, 3.05) is 16.2 Å². The first-order chi connectivity index (χ1) is 8.55. The van der Waals surface area contributed by atoms with Gasteiger partial charge in [0, 0.05) is 5.69 Å². The molecule has 1 fully saturated rings. The number of anilines is 2. The van der Waals surface area contributed by atoms with Gasteiger partial charge in [0.1, 0.15) is 0 Å². The van der Waals surface area contributed by atoms with Gasteiger partial charge in [0.25, 0.3) is 0 Å². The Kier molecular flexibility index (Phi) is 4.11. The van der Waals surface area contributed by atoms with Crippen molar-refractivity contribution < 1.29 is 8.42 Å². The zero-order valence-corrected chi connectivity index (χ0v) is 11.2. The van der Waals surface area contributed by atoms with Gasteiger partial charge in [-0.25, -0.2) is 8.42 Å². The van der Waals surface area contributed by atoms with E-state index in [2.05, 4.69) is 4.72 Å². The summed E-state index contributed by atoms with van der Waals surface area (Å²) in [4.78, 5) is 0. The molecule has 0 saturated heterocycles. The minimum atomic E-state index is -3.26. The number of nitrogen functional groups attached to an aromatic ring is 1. The molecule has 0 spiro atoms. The molecule has 0 radical (unpaired) electrons. The highest BCUT2D eigenvalue weighted by Crippen LogP contribution is 2.25. The molecular weight excluding hydrogens is 248 g/mol. The Morgan fingerprint density at radius 1 is 1.22 bits per heavy atom. The predicted octanol–water partition coefficient (Wildman–Crippen LogP) is 2.59. The minimum Gasteiger partial charge on any atom is -0.399 e. The van der Waals surface area contributed by atoms with Gasteiger partial charge in [0.15, 0.2) is 0 Å². The van der Waals surface area contributed by atoms with Gasteiger partial charge in [-0.05, 0) is 37.0 Å². The molecule has 1 saturated carbocycles. The molecule has 1 aromatic rings. The number of hydrogen-bond acceptors (Lipinski definition) is 3. The third-order valence-electron chi connectivity index (χ3n) is 3.34. The first-order valence-corrected chi connectivity index (χ1v) is 8.06. The van der Waals surface area contributed by atoms with Crippen LogP contribution < -0.4 is 10.5 Å². The van der Waals surface area contributed by atoms with E-state index in [4.69, 9.17) is 5.73 Å². The van der Waals surface area contributed by atoms with E-state index in [1.807, 2.05) is 0 Å². The van der Waals surface area contributed by atoms with Crippen LogP contribution in [0.1, 0.15) is 32.1 Å². The van der Waals surface area contributed by atoms with Crippen molar-refractivity contribution in [1.29, 1.82) is 0 Å². The second-order valence-corrected chi connectivity index (χ2v) is 6.78. The summed E-state index contributed by atoms with van der Waals surface area (Å²) < 4.78 is 26.7. The fourth-order valence-electron chi connectivity index (χ4n) is 2.49. The summed E-state index contributed by atoms with van der Waals surface area (Å²) in [6, 6.07) is 6.83. The van der Waals surface area contributed by atoms with Crippen LogP contribution in [0.15, 0.2) is 24.3 Å². The highest BCUT2D eigenvalue weighted by Gasteiger charge is 2.21. The quantitative estimate of drug-likeness (QED) is 0.824. The molecule has 4 nitrogen and oxygen atoms in total. The van der Waals surface area contributed by atoms with E-state index in [0.29, 0.717) is 17.3 Å². The van der Waals surface area contributed by atoms with E-state index in [1.165, 1.54) is 6.42 Å². The molecule has 0 heterocycles. The first kappa shape index (κ1) is 13.2. The number of benzene rings is 1. The fourth-order valence-corrected chi connectivity index (χ4v) is 4.01. The fraction of sp³-hybridized carbons (Fsp3) is 0.538. The van der Waals surface area contributed by atoms with Crippen molar-refractivity contribution in [2.45, 2.75) is 32.1 Å². The Balaban J connectivity index is 1.98. The van der Waals surface area contributed by atoms with E-state index >= 15 is 0 Å². The van der Waals surface area contributed by atoms with Crippen molar-refractivity contribution >= 4 is 21.4 Å². The summed E-state index contributed by atoms with van der Waals surface area (Å²) in [7, 11) is -3.26. The lowest BCUT2D eigenvalue weighted by Crippen LogP contribution is -2.24. The Bertz CT molecular complexity index is 493. The third kappa shape index (κ3) is 3.91. The smallest absolute Gasteiger partial charge is 0.232 e. The van der Waals surface area contributed by atoms with Crippen LogP contribution in [0.4, 0.5) is 11.4 Å². The van der Waals surface area contributed by atoms with Crippen LogP contribution in [0.25, 0.3) is 0 Å². The topological polar surface area (TPSA) is 72.2 Å². The molecule has 100 valence electrons. The molecule has 0 bridgehead atoms. The van der Waals surface area contributed by atoms with Crippen LogP contribution in [0.5, 0.6) is 0 Å².